The molecule has 0 aliphatic heterocycles. The molecule has 1 saturated carbocycles. The van der Waals surface area contributed by atoms with Crippen molar-refractivity contribution in [1.82, 2.24) is 4.72 Å². The largest absolute Gasteiger partial charge is 0.213 e. The first-order valence-electron chi connectivity index (χ1n) is 6.48. The maximum atomic E-state index is 11.3. The third-order valence-electron chi connectivity index (χ3n) is 3.74. The first-order valence-corrected chi connectivity index (χ1v) is 9.16. The summed E-state index contributed by atoms with van der Waals surface area (Å²) >= 11 is 3.49. The monoisotopic (exact) mass is 345 g/mol. The molecule has 1 fully saturated rings. The summed E-state index contributed by atoms with van der Waals surface area (Å²) < 4.78 is 26.4. The smallest absolute Gasteiger partial charge is 0.208 e. The molecule has 1 aliphatic carbocycles. The number of rotatable bonds is 4. The fraction of sp³-hybridized carbons (Fsp3) is 0.571. The third kappa shape index (κ3) is 4.58. The van der Waals surface area contributed by atoms with Gasteiger partial charge in [-0.25, -0.2) is 13.1 Å². The van der Waals surface area contributed by atoms with Crippen molar-refractivity contribution >= 4 is 26.0 Å². The number of halogens is 1. The van der Waals surface area contributed by atoms with E-state index in [0.29, 0.717) is 0 Å². The van der Waals surface area contributed by atoms with Crippen LogP contribution in [0.15, 0.2) is 28.7 Å². The molecule has 0 unspecified atom stereocenters. The topological polar surface area (TPSA) is 46.2 Å². The van der Waals surface area contributed by atoms with E-state index in [0.717, 1.165) is 30.2 Å². The van der Waals surface area contributed by atoms with Gasteiger partial charge in [0.1, 0.15) is 0 Å². The number of benzene rings is 1. The van der Waals surface area contributed by atoms with Crippen LogP contribution in [-0.4, -0.2) is 20.7 Å². The van der Waals surface area contributed by atoms with E-state index in [1.54, 1.807) is 0 Å². The van der Waals surface area contributed by atoms with Crippen molar-refractivity contribution in [3.63, 3.8) is 0 Å². The van der Waals surface area contributed by atoms with E-state index in [-0.39, 0.29) is 11.5 Å². The lowest BCUT2D eigenvalue weighted by Crippen LogP contribution is -2.33. The lowest BCUT2D eigenvalue weighted by atomic mass is 9.82. The first kappa shape index (κ1) is 15.0. The maximum Gasteiger partial charge on any atom is 0.208 e. The van der Waals surface area contributed by atoms with Gasteiger partial charge in [0.2, 0.25) is 10.0 Å². The van der Waals surface area contributed by atoms with E-state index < -0.39 is 10.0 Å². The van der Waals surface area contributed by atoms with Gasteiger partial charge in [0, 0.05) is 10.5 Å². The minimum absolute atomic E-state index is 0.0900. The fourth-order valence-corrected chi connectivity index (χ4v) is 4.28. The molecule has 1 N–H and O–H groups in total. The van der Waals surface area contributed by atoms with Crippen LogP contribution >= 0.6 is 15.9 Å². The van der Waals surface area contributed by atoms with Crippen LogP contribution in [0.5, 0.6) is 0 Å². The van der Waals surface area contributed by atoms with Gasteiger partial charge in [0.25, 0.3) is 0 Å². The normalized spacial score (nSPS) is 27.6. The van der Waals surface area contributed by atoms with Crippen molar-refractivity contribution in [2.75, 3.05) is 6.26 Å². The Kier molecular flexibility index (Phi) is 4.38. The van der Waals surface area contributed by atoms with Gasteiger partial charge in [-0.1, -0.05) is 35.0 Å². The van der Waals surface area contributed by atoms with Gasteiger partial charge in [-0.15, -0.1) is 0 Å². The van der Waals surface area contributed by atoms with Gasteiger partial charge in [-0.3, -0.25) is 0 Å². The molecule has 2 atom stereocenters. The van der Waals surface area contributed by atoms with E-state index in [2.05, 4.69) is 39.7 Å². The Bertz CT molecular complexity index is 558. The SMILES string of the molecule is C[C@]1(Cc2cccc(Br)c2)CC[C@H](NS(C)(=O)=O)C1. The molecule has 0 amide bonds. The Morgan fingerprint density at radius 2 is 2.21 bits per heavy atom. The number of nitrogens with one attached hydrogen (secondary N) is 1. The molecule has 1 aromatic rings. The fourth-order valence-electron chi connectivity index (χ4n) is 3.03. The van der Waals surface area contributed by atoms with Gasteiger partial charge in [0.05, 0.1) is 6.26 Å². The summed E-state index contributed by atoms with van der Waals surface area (Å²) in [6.45, 7) is 2.25. The Morgan fingerprint density at radius 3 is 2.84 bits per heavy atom. The van der Waals surface area contributed by atoms with Crippen LogP contribution in [0.25, 0.3) is 0 Å². The van der Waals surface area contributed by atoms with Crippen LogP contribution in [0.1, 0.15) is 31.7 Å². The highest BCUT2D eigenvalue weighted by atomic mass is 79.9. The van der Waals surface area contributed by atoms with E-state index >= 15 is 0 Å². The van der Waals surface area contributed by atoms with Crippen molar-refractivity contribution < 1.29 is 8.42 Å². The molecule has 0 aromatic heterocycles. The predicted octanol–water partition coefficient (Wildman–Crippen LogP) is 3.10. The predicted molar refractivity (Wildman–Crippen MR) is 81.6 cm³/mol. The molecule has 106 valence electrons. The lowest BCUT2D eigenvalue weighted by molar-refractivity contribution is 0.327. The zero-order valence-corrected chi connectivity index (χ0v) is 13.7. The zero-order chi connectivity index (χ0) is 14.1. The third-order valence-corrected chi connectivity index (χ3v) is 4.99. The van der Waals surface area contributed by atoms with Gasteiger partial charge < -0.3 is 0 Å². The molecule has 5 heteroatoms. The molecule has 1 aliphatic rings. The lowest BCUT2D eigenvalue weighted by Gasteiger charge is -2.24. The van der Waals surface area contributed by atoms with Crippen molar-refractivity contribution in [2.45, 2.75) is 38.6 Å². The maximum absolute atomic E-state index is 11.3. The molecule has 1 aromatic carbocycles. The molecule has 0 radical (unpaired) electrons. The van der Waals surface area contributed by atoms with Crippen LogP contribution in [0, 0.1) is 5.41 Å². The van der Waals surface area contributed by atoms with Crippen molar-refractivity contribution in [2.24, 2.45) is 5.41 Å². The van der Waals surface area contributed by atoms with Crippen LogP contribution in [-0.2, 0) is 16.4 Å². The summed E-state index contributed by atoms with van der Waals surface area (Å²) in [6, 6.07) is 8.43. The number of hydrogen-bond acceptors (Lipinski definition) is 2. The highest BCUT2D eigenvalue weighted by Gasteiger charge is 2.36. The summed E-state index contributed by atoms with van der Waals surface area (Å²) in [4.78, 5) is 0. The summed E-state index contributed by atoms with van der Waals surface area (Å²) in [5.74, 6) is 0. The van der Waals surface area contributed by atoms with Gasteiger partial charge >= 0.3 is 0 Å². The molecular weight excluding hydrogens is 326 g/mol. The zero-order valence-electron chi connectivity index (χ0n) is 11.3. The molecule has 0 spiro atoms. The second kappa shape index (κ2) is 5.54. The molecule has 19 heavy (non-hydrogen) atoms. The second-order valence-electron chi connectivity index (χ2n) is 5.95. The van der Waals surface area contributed by atoms with Crippen molar-refractivity contribution in [3.05, 3.63) is 34.3 Å². The Morgan fingerprint density at radius 1 is 1.47 bits per heavy atom. The molecule has 3 nitrogen and oxygen atoms in total. The van der Waals surface area contributed by atoms with Gasteiger partial charge in [0.15, 0.2) is 0 Å². The van der Waals surface area contributed by atoms with E-state index in [4.69, 9.17) is 0 Å². The average molecular weight is 346 g/mol. The Balaban J connectivity index is 2.01. The molecule has 0 heterocycles. The molecule has 0 saturated heterocycles. The molecular formula is C14H20BrNO2S. The summed E-state index contributed by atoms with van der Waals surface area (Å²) in [5.41, 5.74) is 1.49. The van der Waals surface area contributed by atoms with E-state index in [9.17, 15) is 8.42 Å². The van der Waals surface area contributed by atoms with Crippen LogP contribution in [0.3, 0.4) is 0 Å². The first-order chi connectivity index (χ1) is 8.76. The van der Waals surface area contributed by atoms with Crippen LogP contribution < -0.4 is 4.72 Å². The quantitative estimate of drug-likeness (QED) is 0.911. The van der Waals surface area contributed by atoms with Crippen molar-refractivity contribution in [3.8, 4) is 0 Å². The summed E-state index contributed by atoms with van der Waals surface area (Å²) in [7, 11) is -3.09. The number of sulfonamides is 1. The van der Waals surface area contributed by atoms with Crippen LogP contribution in [0.4, 0.5) is 0 Å². The Labute approximate surface area is 124 Å². The number of hydrogen-bond donors (Lipinski definition) is 1. The van der Waals surface area contributed by atoms with Crippen molar-refractivity contribution in [1.29, 1.82) is 0 Å². The summed E-state index contributed by atoms with van der Waals surface area (Å²) in [6.07, 6.45) is 5.13. The minimum atomic E-state index is -3.09. The standard InChI is InChI=1S/C14H20BrNO2S/c1-14(9-11-4-3-5-12(15)8-11)7-6-13(10-14)16-19(2,17)18/h3-5,8,13,16H,6-7,9-10H2,1-2H3/t13-,14+/m0/s1. The van der Waals surface area contributed by atoms with Gasteiger partial charge in [-0.2, -0.15) is 0 Å². The van der Waals surface area contributed by atoms with E-state index in [1.165, 1.54) is 11.8 Å². The van der Waals surface area contributed by atoms with E-state index in [1.807, 2.05) is 12.1 Å². The Hall–Kier alpha value is -0.390. The van der Waals surface area contributed by atoms with Gasteiger partial charge in [-0.05, 0) is 48.8 Å². The second-order valence-corrected chi connectivity index (χ2v) is 8.64. The average Bonchev–Trinajstić information content (AvgIpc) is 2.56. The highest BCUT2D eigenvalue weighted by molar-refractivity contribution is 9.10. The summed E-state index contributed by atoms with van der Waals surface area (Å²) in [5, 5.41) is 0. The van der Waals surface area contributed by atoms with Crippen LogP contribution in [0.2, 0.25) is 0 Å². The highest BCUT2D eigenvalue weighted by Crippen LogP contribution is 2.41. The molecule has 0 bridgehead atoms. The molecule has 2 rings (SSSR count). The minimum Gasteiger partial charge on any atom is -0.213 e.